The molecule has 0 N–H and O–H groups in total. The van der Waals surface area contributed by atoms with Crippen molar-refractivity contribution in [3.63, 3.8) is 0 Å². The molecule has 0 aliphatic carbocycles. The largest absolute Gasteiger partial charge is 0.243 e. The van der Waals surface area contributed by atoms with E-state index in [2.05, 4.69) is 0 Å². The van der Waals surface area contributed by atoms with Crippen molar-refractivity contribution in [2.24, 2.45) is 0 Å². The van der Waals surface area contributed by atoms with Gasteiger partial charge in [-0.15, -0.1) is 11.6 Å². The van der Waals surface area contributed by atoms with Gasteiger partial charge in [0.25, 0.3) is 0 Å². The van der Waals surface area contributed by atoms with E-state index in [0.29, 0.717) is 10.6 Å². The summed E-state index contributed by atoms with van der Waals surface area (Å²) >= 11 is 12.0. The second-order valence-corrected chi connectivity index (χ2v) is 8.16. The van der Waals surface area contributed by atoms with Crippen molar-refractivity contribution in [2.45, 2.75) is 62.9 Å². The molecule has 2 rings (SSSR count). The third kappa shape index (κ3) is 3.09. The van der Waals surface area contributed by atoms with E-state index in [9.17, 15) is 8.42 Å². The Morgan fingerprint density at radius 2 is 2.00 bits per heavy atom. The van der Waals surface area contributed by atoms with Crippen molar-refractivity contribution in [1.82, 2.24) is 4.31 Å². The minimum atomic E-state index is -3.54. The molecular formula is C15H21Cl2NO2S. The number of alkyl halides is 1. The molecule has 0 aromatic heterocycles. The van der Waals surface area contributed by atoms with Crippen molar-refractivity contribution >= 4 is 33.2 Å². The molecule has 2 atom stereocenters. The topological polar surface area (TPSA) is 37.4 Å². The van der Waals surface area contributed by atoms with Gasteiger partial charge in [-0.05, 0) is 56.4 Å². The fourth-order valence-corrected chi connectivity index (χ4v) is 5.92. The third-order valence-corrected chi connectivity index (χ3v) is 7.01. The molecule has 1 fully saturated rings. The minimum absolute atomic E-state index is 0.0257. The van der Waals surface area contributed by atoms with Crippen LogP contribution in [0, 0.1) is 6.92 Å². The summed E-state index contributed by atoms with van der Waals surface area (Å²) in [5, 5.41) is 0.412. The van der Waals surface area contributed by atoms with Gasteiger partial charge in [-0.25, -0.2) is 8.42 Å². The molecule has 118 valence electrons. The average Bonchev–Trinajstić information content (AvgIpc) is 2.82. The van der Waals surface area contributed by atoms with E-state index in [0.717, 1.165) is 24.8 Å². The number of nitrogens with zero attached hydrogens (tertiary/aromatic N) is 1. The quantitative estimate of drug-likeness (QED) is 0.758. The van der Waals surface area contributed by atoms with Crippen molar-refractivity contribution < 1.29 is 8.42 Å². The van der Waals surface area contributed by atoms with Gasteiger partial charge in [-0.1, -0.05) is 18.5 Å². The molecule has 1 heterocycles. The third-order valence-electron chi connectivity index (χ3n) is 4.32. The smallest absolute Gasteiger partial charge is 0.207 e. The molecule has 0 spiro atoms. The average molecular weight is 350 g/mol. The summed E-state index contributed by atoms with van der Waals surface area (Å²) in [5.74, 6) is 0.252. The zero-order chi connectivity index (χ0) is 15.8. The monoisotopic (exact) mass is 349 g/mol. The van der Waals surface area contributed by atoms with Gasteiger partial charge in [-0.3, -0.25) is 0 Å². The molecule has 1 aliphatic rings. The summed E-state index contributed by atoms with van der Waals surface area (Å²) < 4.78 is 27.8. The minimum Gasteiger partial charge on any atom is -0.207 e. The van der Waals surface area contributed by atoms with Crippen LogP contribution in [0.2, 0.25) is 5.02 Å². The molecule has 2 unspecified atom stereocenters. The Morgan fingerprint density at radius 3 is 2.57 bits per heavy atom. The van der Waals surface area contributed by atoms with E-state index in [1.54, 1.807) is 23.4 Å². The number of hydrogen-bond acceptors (Lipinski definition) is 2. The van der Waals surface area contributed by atoms with Gasteiger partial charge >= 0.3 is 0 Å². The maximum atomic E-state index is 13.1. The maximum absolute atomic E-state index is 13.1. The lowest BCUT2D eigenvalue weighted by atomic mass is 10.1. The van der Waals surface area contributed by atoms with Crippen LogP contribution in [0.3, 0.4) is 0 Å². The number of benzene rings is 1. The summed E-state index contributed by atoms with van der Waals surface area (Å²) in [6, 6.07) is 3.37. The first-order chi connectivity index (χ1) is 9.82. The van der Waals surface area contributed by atoms with E-state index in [-0.39, 0.29) is 22.9 Å². The first-order valence-electron chi connectivity index (χ1n) is 7.21. The predicted molar refractivity (Wildman–Crippen MR) is 87.5 cm³/mol. The molecule has 0 bridgehead atoms. The van der Waals surface area contributed by atoms with E-state index < -0.39 is 10.0 Å². The summed E-state index contributed by atoms with van der Waals surface area (Å²) in [6.07, 6.45) is 2.64. The Bertz CT molecular complexity index is 631. The van der Waals surface area contributed by atoms with Crippen LogP contribution >= 0.6 is 23.2 Å². The van der Waals surface area contributed by atoms with Gasteiger partial charge in [0, 0.05) is 23.0 Å². The highest BCUT2D eigenvalue weighted by Crippen LogP contribution is 2.35. The molecule has 1 aromatic carbocycles. The van der Waals surface area contributed by atoms with E-state index in [4.69, 9.17) is 23.2 Å². The summed E-state index contributed by atoms with van der Waals surface area (Å²) in [6.45, 7) is 5.79. The molecule has 3 nitrogen and oxygen atoms in total. The molecule has 1 aliphatic heterocycles. The summed E-state index contributed by atoms with van der Waals surface area (Å²) in [5.41, 5.74) is 1.46. The number of halogens is 2. The lowest BCUT2D eigenvalue weighted by Crippen LogP contribution is -2.40. The second-order valence-electron chi connectivity index (χ2n) is 5.65. The second kappa shape index (κ2) is 6.45. The van der Waals surface area contributed by atoms with Gasteiger partial charge in [0.1, 0.15) is 0 Å². The van der Waals surface area contributed by atoms with E-state index >= 15 is 0 Å². The molecule has 0 saturated carbocycles. The molecule has 1 aromatic rings. The van der Waals surface area contributed by atoms with Crippen LogP contribution in [0.15, 0.2) is 17.0 Å². The van der Waals surface area contributed by atoms with E-state index in [1.807, 2.05) is 13.8 Å². The van der Waals surface area contributed by atoms with Crippen LogP contribution in [0.1, 0.15) is 44.2 Å². The molecule has 0 radical (unpaired) electrons. The molecule has 0 amide bonds. The fraction of sp³-hybridized carbons (Fsp3) is 0.600. The molecule has 1 saturated heterocycles. The number of hydrogen-bond donors (Lipinski definition) is 0. The van der Waals surface area contributed by atoms with E-state index in [1.165, 1.54) is 0 Å². The van der Waals surface area contributed by atoms with Gasteiger partial charge in [-0.2, -0.15) is 4.31 Å². The number of rotatable bonds is 4. The fourth-order valence-electron chi connectivity index (χ4n) is 3.09. The van der Waals surface area contributed by atoms with Crippen LogP contribution in [0.5, 0.6) is 0 Å². The Hall–Kier alpha value is -0.290. The predicted octanol–water partition coefficient (Wildman–Crippen LogP) is 4.34. The lowest BCUT2D eigenvalue weighted by Gasteiger charge is -2.28. The van der Waals surface area contributed by atoms with Gasteiger partial charge in [0.15, 0.2) is 0 Å². The zero-order valence-corrected chi connectivity index (χ0v) is 14.9. The van der Waals surface area contributed by atoms with Crippen molar-refractivity contribution in [3.05, 3.63) is 28.3 Å². The van der Waals surface area contributed by atoms with Crippen molar-refractivity contribution in [2.75, 3.05) is 0 Å². The highest BCUT2D eigenvalue weighted by atomic mass is 35.5. The van der Waals surface area contributed by atoms with Gasteiger partial charge in [0.05, 0.1) is 4.90 Å². The number of sulfonamides is 1. The van der Waals surface area contributed by atoms with Gasteiger partial charge in [0.2, 0.25) is 10.0 Å². The van der Waals surface area contributed by atoms with Gasteiger partial charge < -0.3 is 0 Å². The first-order valence-corrected chi connectivity index (χ1v) is 9.56. The zero-order valence-electron chi connectivity index (χ0n) is 12.6. The Balaban J connectivity index is 2.56. The van der Waals surface area contributed by atoms with Crippen molar-refractivity contribution in [3.8, 4) is 0 Å². The normalized spacial score (nSPS) is 23.7. The molecular weight excluding hydrogens is 329 g/mol. The Morgan fingerprint density at radius 1 is 1.33 bits per heavy atom. The first kappa shape index (κ1) is 17.1. The van der Waals surface area contributed by atoms with Crippen LogP contribution < -0.4 is 0 Å². The Labute approximate surface area is 137 Å². The van der Waals surface area contributed by atoms with Crippen molar-refractivity contribution in [1.29, 1.82) is 0 Å². The molecule has 6 heteroatoms. The highest BCUT2D eigenvalue weighted by Gasteiger charge is 2.40. The van der Waals surface area contributed by atoms with Crippen LogP contribution in [-0.4, -0.2) is 24.8 Å². The Kier molecular flexibility index (Phi) is 5.24. The lowest BCUT2D eigenvalue weighted by molar-refractivity contribution is 0.328. The summed E-state index contributed by atoms with van der Waals surface area (Å²) in [7, 11) is -3.54. The maximum Gasteiger partial charge on any atom is 0.243 e. The molecule has 21 heavy (non-hydrogen) atoms. The standard InChI is InChI=1S/C15H21Cl2NO2S/c1-4-14-6-5-10(2)18(14)21(19,20)15-8-13(17)7-12(9-16)11(15)3/h7-8,10,14H,4-6,9H2,1-3H3. The van der Waals surface area contributed by atoms with Crippen LogP contribution in [-0.2, 0) is 15.9 Å². The van der Waals surface area contributed by atoms with Crippen LogP contribution in [0.25, 0.3) is 0 Å². The SMILES string of the molecule is CCC1CCC(C)N1S(=O)(=O)c1cc(Cl)cc(CCl)c1C. The summed E-state index contributed by atoms with van der Waals surface area (Å²) in [4.78, 5) is 0.290. The van der Waals surface area contributed by atoms with Crippen LogP contribution in [0.4, 0.5) is 0 Å². The highest BCUT2D eigenvalue weighted by molar-refractivity contribution is 7.89.